The van der Waals surface area contributed by atoms with Crippen LogP contribution in [0.15, 0.2) is 35.4 Å². The fourth-order valence-electron chi connectivity index (χ4n) is 2.57. The van der Waals surface area contributed by atoms with Gasteiger partial charge >= 0.3 is 0 Å². The minimum atomic E-state index is -3.88. The molecule has 1 aromatic heterocycles. The summed E-state index contributed by atoms with van der Waals surface area (Å²) in [5.74, 6) is 0.212. The quantitative estimate of drug-likeness (QED) is 0.830. The number of hydrogen-bond acceptors (Lipinski definition) is 6. The van der Waals surface area contributed by atoms with Gasteiger partial charge in [-0.1, -0.05) is 0 Å². The number of methoxy groups -OCH3 is 1. The van der Waals surface area contributed by atoms with E-state index in [1.807, 2.05) is 13.8 Å². The standard InChI is InChI=1S/C17H18N2O4S2/c1-10-11(2)24-17-15(10)16(20)14(25(21,22)19(17)3)9-18-12-5-7-13(23-4)8-6-12/h5-9,18H,1-4H3. The number of ketones is 1. The highest BCUT2D eigenvalue weighted by atomic mass is 32.2. The Kier molecular flexibility index (Phi) is 4.34. The molecule has 0 spiro atoms. The molecule has 1 aliphatic heterocycles. The molecule has 2 aromatic rings. The van der Waals surface area contributed by atoms with Crippen LogP contribution >= 0.6 is 11.3 Å². The van der Waals surface area contributed by atoms with Crippen molar-refractivity contribution in [1.82, 2.24) is 0 Å². The normalized spacial score (nSPS) is 17.5. The molecule has 8 heteroatoms. The van der Waals surface area contributed by atoms with Crippen molar-refractivity contribution < 1.29 is 17.9 Å². The first kappa shape index (κ1) is 17.5. The van der Waals surface area contributed by atoms with E-state index in [2.05, 4.69) is 5.32 Å². The number of anilines is 2. The van der Waals surface area contributed by atoms with Crippen molar-refractivity contribution in [2.75, 3.05) is 23.8 Å². The van der Waals surface area contributed by atoms with Gasteiger partial charge in [0.2, 0.25) is 5.78 Å². The smallest absolute Gasteiger partial charge is 0.270 e. The molecule has 0 aliphatic carbocycles. The Balaban J connectivity index is 2.02. The Morgan fingerprint density at radius 2 is 1.84 bits per heavy atom. The molecule has 0 amide bonds. The number of carbonyl (C=O) groups is 1. The van der Waals surface area contributed by atoms with E-state index in [0.29, 0.717) is 22.0 Å². The van der Waals surface area contributed by atoms with Crippen LogP contribution in [0.25, 0.3) is 0 Å². The van der Waals surface area contributed by atoms with Gasteiger partial charge in [0.15, 0.2) is 4.91 Å². The fourth-order valence-corrected chi connectivity index (χ4v) is 5.15. The van der Waals surface area contributed by atoms with Crippen molar-refractivity contribution in [2.24, 2.45) is 0 Å². The molecule has 25 heavy (non-hydrogen) atoms. The van der Waals surface area contributed by atoms with Crippen LogP contribution in [0.3, 0.4) is 0 Å². The van der Waals surface area contributed by atoms with Crippen LogP contribution in [-0.4, -0.2) is 28.4 Å². The second kappa shape index (κ2) is 6.20. The zero-order chi connectivity index (χ0) is 18.4. The Labute approximate surface area is 150 Å². The van der Waals surface area contributed by atoms with Crippen molar-refractivity contribution in [3.63, 3.8) is 0 Å². The topological polar surface area (TPSA) is 75.7 Å². The van der Waals surface area contributed by atoms with Gasteiger partial charge in [-0.25, -0.2) is 8.42 Å². The maximum atomic E-state index is 12.8. The molecule has 0 fully saturated rings. The number of benzene rings is 1. The summed E-state index contributed by atoms with van der Waals surface area (Å²) in [7, 11) is -0.848. The lowest BCUT2D eigenvalue weighted by atomic mass is 10.1. The number of aryl methyl sites for hydroxylation is 1. The lowest BCUT2D eigenvalue weighted by Gasteiger charge is -2.25. The number of rotatable bonds is 3. The Morgan fingerprint density at radius 3 is 2.44 bits per heavy atom. The average molecular weight is 378 g/mol. The molecule has 1 aromatic carbocycles. The highest BCUT2D eigenvalue weighted by Gasteiger charge is 2.40. The Morgan fingerprint density at radius 1 is 1.20 bits per heavy atom. The molecular weight excluding hydrogens is 360 g/mol. The van der Waals surface area contributed by atoms with Gasteiger partial charge in [-0.15, -0.1) is 11.3 Å². The third-order valence-corrected chi connectivity index (χ3v) is 7.36. The van der Waals surface area contributed by atoms with Crippen LogP contribution in [0.5, 0.6) is 5.75 Å². The van der Waals surface area contributed by atoms with Crippen molar-refractivity contribution in [3.8, 4) is 5.75 Å². The molecule has 0 radical (unpaired) electrons. The lowest BCUT2D eigenvalue weighted by Crippen LogP contribution is -2.36. The van der Waals surface area contributed by atoms with Gasteiger partial charge in [0.25, 0.3) is 10.0 Å². The maximum Gasteiger partial charge on any atom is 0.270 e. The minimum absolute atomic E-state index is 0.265. The van der Waals surface area contributed by atoms with Crippen molar-refractivity contribution >= 4 is 37.8 Å². The molecule has 1 N–H and O–H groups in total. The number of Topliss-reactive ketones (excluding diaryl/α,β-unsaturated/α-hetero) is 1. The monoisotopic (exact) mass is 378 g/mol. The van der Waals surface area contributed by atoms with E-state index < -0.39 is 15.8 Å². The van der Waals surface area contributed by atoms with Crippen molar-refractivity contribution in [3.05, 3.63) is 51.4 Å². The number of sulfonamides is 1. The summed E-state index contributed by atoms with van der Waals surface area (Å²) in [5.41, 5.74) is 1.94. The van der Waals surface area contributed by atoms with Gasteiger partial charge < -0.3 is 10.1 Å². The summed E-state index contributed by atoms with van der Waals surface area (Å²) < 4.78 is 31.7. The highest BCUT2D eigenvalue weighted by molar-refractivity contribution is 7.98. The SMILES string of the molecule is COc1ccc(NC=C2C(=O)c3c(sc(C)c3C)N(C)S2(=O)=O)cc1. The van der Waals surface area contributed by atoms with Crippen LogP contribution in [0.1, 0.15) is 20.8 Å². The molecule has 132 valence electrons. The summed E-state index contributed by atoms with van der Waals surface area (Å²) >= 11 is 1.32. The average Bonchev–Trinajstić information content (AvgIpc) is 2.89. The molecular formula is C17H18N2O4S2. The third kappa shape index (κ3) is 2.81. The fraction of sp³-hybridized carbons (Fsp3) is 0.235. The van der Waals surface area contributed by atoms with E-state index in [0.717, 1.165) is 10.4 Å². The van der Waals surface area contributed by atoms with E-state index in [1.165, 1.54) is 28.9 Å². The van der Waals surface area contributed by atoms with Crippen molar-refractivity contribution in [2.45, 2.75) is 13.8 Å². The number of thiophene rings is 1. The second-order valence-corrected chi connectivity index (χ2v) is 8.79. The number of carbonyl (C=O) groups excluding carboxylic acids is 1. The second-order valence-electron chi connectivity index (χ2n) is 5.65. The van der Waals surface area contributed by atoms with E-state index in [-0.39, 0.29) is 4.91 Å². The summed E-state index contributed by atoms with van der Waals surface area (Å²) in [4.78, 5) is 13.5. The van der Waals surface area contributed by atoms with E-state index in [4.69, 9.17) is 4.74 Å². The predicted octanol–water partition coefficient (Wildman–Crippen LogP) is 3.29. The zero-order valence-corrected chi connectivity index (χ0v) is 15.9. The number of nitrogens with zero attached hydrogens (tertiary/aromatic N) is 1. The van der Waals surface area contributed by atoms with Gasteiger partial charge in [-0.2, -0.15) is 0 Å². The van der Waals surface area contributed by atoms with Crippen LogP contribution in [0.2, 0.25) is 0 Å². The molecule has 0 atom stereocenters. The van der Waals surface area contributed by atoms with Crippen LogP contribution in [0.4, 0.5) is 10.7 Å². The molecule has 0 bridgehead atoms. The first-order valence-electron chi connectivity index (χ1n) is 7.51. The van der Waals surface area contributed by atoms with Gasteiger partial charge in [-0.05, 0) is 43.7 Å². The number of hydrogen-bond donors (Lipinski definition) is 1. The predicted molar refractivity (Wildman–Crippen MR) is 100 cm³/mol. The van der Waals surface area contributed by atoms with E-state index >= 15 is 0 Å². The third-order valence-electron chi connectivity index (χ3n) is 4.20. The molecule has 0 saturated carbocycles. The number of nitrogens with one attached hydrogen (secondary N) is 1. The lowest BCUT2D eigenvalue weighted by molar-refractivity contribution is 0.104. The van der Waals surface area contributed by atoms with E-state index in [1.54, 1.807) is 31.4 Å². The van der Waals surface area contributed by atoms with Gasteiger partial charge in [0.05, 0.1) is 12.7 Å². The van der Waals surface area contributed by atoms with Gasteiger partial charge in [-0.3, -0.25) is 9.10 Å². The molecule has 1 aliphatic rings. The van der Waals surface area contributed by atoms with Crippen LogP contribution in [-0.2, 0) is 10.0 Å². The minimum Gasteiger partial charge on any atom is -0.497 e. The van der Waals surface area contributed by atoms with E-state index in [9.17, 15) is 13.2 Å². The van der Waals surface area contributed by atoms with Gasteiger partial charge in [0.1, 0.15) is 10.8 Å². The number of ether oxygens (including phenoxy) is 1. The zero-order valence-electron chi connectivity index (χ0n) is 14.3. The summed E-state index contributed by atoms with van der Waals surface area (Å²) in [6.45, 7) is 3.72. The highest BCUT2D eigenvalue weighted by Crippen LogP contribution is 2.42. The largest absolute Gasteiger partial charge is 0.497 e. The number of fused-ring (bicyclic) bond motifs is 1. The molecule has 6 nitrogen and oxygen atoms in total. The van der Waals surface area contributed by atoms with Crippen LogP contribution < -0.4 is 14.4 Å². The molecule has 3 rings (SSSR count). The summed E-state index contributed by atoms with van der Waals surface area (Å²) in [6.07, 6.45) is 1.26. The summed E-state index contributed by atoms with van der Waals surface area (Å²) in [5, 5.41) is 3.36. The Hall–Kier alpha value is -2.32. The number of allylic oxidation sites excluding steroid dienone is 1. The molecule has 0 unspecified atom stereocenters. The first-order valence-corrected chi connectivity index (χ1v) is 9.77. The van der Waals surface area contributed by atoms with Gasteiger partial charge in [0, 0.05) is 23.8 Å². The maximum absolute atomic E-state index is 12.8. The summed E-state index contributed by atoms with van der Waals surface area (Å²) in [6, 6.07) is 6.97. The van der Waals surface area contributed by atoms with Crippen molar-refractivity contribution in [1.29, 1.82) is 0 Å². The Bertz CT molecular complexity index is 973. The van der Waals surface area contributed by atoms with Crippen LogP contribution in [0, 0.1) is 13.8 Å². The molecule has 2 heterocycles. The molecule has 0 saturated heterocycles. The first-order chi connectivity index (χ1) is 11.8.